The van der Waals surface area contributed by atoms with Gasteiger partial charge in [0.05, 0.1) is 18.1 Å². The molecule has 32 heavy (non-hydrogen) atoms. The Morgan fingerprint density at radius 1 is 1.06 bits per heavy atom. The van der Waals surface area contributed by atoms with Crippen molar-refractivity contribution in [3.8, 4) is 5.75 Å². The summed E-state index contributed by atoms with van der Waals surface area (Å²) < 4.78 is 29.9. The van der Waals surface area contributed by atoms with E-state index in [1.807, 2.05) is 18.2 Å². The van der Waals surface area contributed by atoms with Gasteiger partial charge < -0.3 is 9.64 Å². The summed E-state index contributed by atoms with van der Waals surface area (Å²) in [6, 6.07) is 14.1. The van der Waals surface area contributed by atoms with Crippen molar-refractivity contribution in [1.29, 1.82) is 0 Å². The second-order valence-corrected chi connectivity index (χ2v) is 11.0. The van der Waals surface area contributed by atoms with E-state index in [4.69, 9.17) is 16.3 Å². The van der Waals surface area contributed by atoms with Crippen LogP contribution in [0.4, 0.5) is 0 Å². The molecule has 1 atom stereocenters. The van der Waals surface area contributed by atoms with Crippen LogP contribution in [0.1, 0.15) is 61.4 Å². The summed E-state index contributed by atoms with van der Waals surface area (Å²) in [6.45, 7) is 3.13. The molecule has 1 amide bonds. The van der Waals surface area contributed by atoms with Crippen LogP contribution in [0.2, 0.25) is 5.02 Å². The molecule has 7 heteroatoms. The van der Waals surface area contributed by atoms with Crippen LogP contribution in [0.3, 0.4) is 0 Å². The first-order chi connectivity index (χ1) is 15.4. The van der Waals surface area contributed by atoms with Gasteiger partial charge in [0.1, 0.15) is 5.75 Å². The number of carbonyl (C=O) groups is 1. The average Bonchev–Trinajstić information content (AvgIpc) is 3.15. The SMILES string of the molecule is CCCCCCCOc1ccc(C(=O)N(Cc2ccccc2Cl)C2CCS(=O)(=O)C2)cc1. The zero-order valence-corrected chi connectivity index (χ0v) is 20.2. The Kier molecular flexibility index (Phi) is 9.00. The molecule has 0 saturated carbocycles. The van der Waals surface area contributed by atoms with Crippen LogP contribution >= 0.6 is 11.6 Å². The van der Waals surface area contributed by atoms with Gasteiger partial charge in [0.15, 0.2) is 9.84 Å². The van der Waals surface area contributed by atoms with E-state index in [0.29, 0.717) is 23.6 Å². The Morgan fingerprint density at radius 2 is 1.78 bits per heavy atom. The lowest BCUT2D eigenvalue weighted by Gasteiger charge is -2.29. The van der Waals surface area contributed by atoms with Gasteiger partial charge in [-0.1, -0.05) is 62.4 Å². The Balaban J connectivity index is 1.68. The quantitative estimate of drug-likeness (QED) is 0.400. The highest BCUT2D eigenvalue weighted by molar-refractivity contribution is 7.91. The predicted octanol–water partition coefficient (Wildman–Crippen LogP) is 5.52. The topological polar surface area (TPSA) is 63.7 Å². The van der Waals surface area contributed by atoms with Gasteiger partial charge in [-0.15, -0.1) is 0 Å². The molecule has 0 N–H and O–H groups in total. The van der Waals surface area contributed by atoms with Crippen LogP contribution in [-0.2, 0) is 16.4 Å². The zero-order valence-electron chi connectivity index (χ0n) is 18.6. The molecule has 1 fully saturated rings. The van der Waals surface area contributed by atoms with E-state index in [0.717, 1.165) is 24.2 Å². The van der Waals surface area contributed by atoms with E-state index in [2.05, 4.69) is 6.92 Å². The molecule has 1 aliphatic heterocycles. The number of ether oxygens (including phenoxy) is 1. The first-order valence-electron chi connectivity index (χ1n) is 11.4. The minimum Gasteiger partial charge on any atom is -0.494 e. The lowest BCUT2D eigenvalue weighted by Crippen LogP contribution is -2.40. The molecule has 0 spiro atoms. The van der Waals surface area contributed by atoms with Crippen LogP contribution in [0.25, 0.3) is 0 Å². The smallest absolute Gasteiger partial charge is 0.254 e. The van der Waals surface area contributed by atoms with Gasteiger partial charge >= 0.3 is 0 Å². The highest BCUT2D eigenvalue weighted by Gasteiger charge is 2.35. The fourth-order valence-corrected chi connectivity index (χ4v) is 5.88. The standard InChI is InChI=1S/C25H32ClNO4S/c1-2-3-4-5-8-16-31-23-13-11-20(12-14-23)25(28)27(22-15-17-32(29,30)19-22)18-21-9-6-7-10-24(21)26/h6-7,9-14,22H,2-5,8,15-19H2,1H3. The van der Waals surface area contributed by atoms with Gasteiger partial charge in [-0.2, -0.15) is 0 Å². The fraction of sp³-hybridized carbons (Fsp3) is 0.480. The largest absolute Gasteiger partial charge is 0.494 e. The minimum atomic E-state index is -3.13. The lowest BCUT2D eigenvalue weighted by atomic mass is 10.1. The maximum Gasteiger partial charge on any atom is 0.254 e. The van der Waals surface area contributed by atoms with Crippen molar-refractivity contribution in [2.45, 2.75) is 58.0 Å². The van der Waals surface area contributed by atoms with Crippen molar-refractivity contribution in [3.05, 3.63) is 64.7 Å². The first-order valence-corrected chi connectivity index (χ1v) is 13.6. The van der Waals surface area contributed by atoms with E-state index in [1.165, 1.54) is 19.3 Å². The number of unbranched alkanes of at least 4 members (excludes halogenated alkanes) is 4. The third kappa shape index (κ3) is 6.97. The molecule has 1 unspecified atom stereocenters. The zero-order chi connectivity index (χ0) is 23.0. The molecule has 0 aliphatic carbocycles. The summed E-state index contributed by atoms with van der Waals surface area (Å²) in [4.78, 5) is 15.0. The van der Waals surface area contributed by atoms with E-state index in [9.17, 15) is 13.2 Å². The van der Waals surface area contributed by atoms with Crippen molar-refractivity contribution in [3.63, 3.8) is 0 Å². The van der Waals surface area contributed by atoms with Crippen LogP contribution in [0.15, 0.2) is 48.5 Å². The molecule has 0 aromatic heterocycles. The molecule has 5 nitrogen and oxygen atoms in total. The number of amides is 1. The van der Waals surface area contributed by atoms with Crippen molar-refractivity contribution < 1.29 is 17.9 Å². The van der Waals surface area contributed by atoms with Gasteiger partial charge in [0.2, 0.25) is 0 Å². The third-order valence-electron chi connectivity index (χ3n) is 5.83. The molecule has 174 valence electrons. The number of hydrogen-bond acceptors (Lipinski definition) is 4. The van der Waals surface area contributed by atoms with Crippen molar-refractivity contribution in [2.75, 3.05) is 18.1 Å². The number of benzene rings is 2. The monoisotopic (exact) mass is 477 g/mol. The molecular weight excluding hydrogens is 446 g/mol. The number of carbonyl (C=O) groups excluding carboxylic acids is 1. The van der Waals surface area contributed by atoms with Crippen molar-refractivity contribution in [1.82, 2.24) is 4.90 Å². The molecule has 0 bridgehead atoms. The van der Waals surface area contributed by atoms with Crippen molar-refractivity contribution in [2.24, 2.45) is 0 Å². The van der Waals surface area contributed by atoms with Crippen LogP contribution in [0.5, 0.6) is 5.75 Å². The maximum absolute atomic E-state index is 13.4. The predicted molar refractivity (Wildman–Crippen MR) is 129 cm³/mol. The Morgan fingerprint density at radius 3 is 2.44 bits per heavy atom. The number of rotatable bonds is 11. The number of sulfone groups is 1. The Hall–Kier alpha value is -2.05. The molecule has 1 heterocycles. The van der Waals surface area contributed by atoms with Gasteiger partial charge in [-0.25, -0.2) is 8.42 Å². The third-order valence-corrected chi connectivity index (χ3v) is 7.95. The van der Waals surface area contributed by atoms with Crippen LogP contribution in [0, 0.1) is 0 Å². The summed E-state index contributed by atoms with van der Waals surface area (Å²) in [6.07, 6.45) is 6.32. The number of halogens is 1. The summed E-state index contributed by atoms with van der Waals surface area (Å²) >= 11 is 6.32. The fourth-order valence-electron chi connectivity index (χ4n) is 3.95. The molecule has 3 rings (SSSR count). The van der Waals surface area contributed by atoms with Gasteiger partial charge in [0, 0.05) is 23.2 Å². The van der Waals surface area contributed by atoms with E-state index in [-0.39, 0.29) is 30.0 Å². The van der Waals surface area contributed by atoms with Crippen LogP contribution in [-0.4, -0.2) is 43.4 Å². The van der Waals surface area contributed by atoms with Gasteiger partial charge in [-0.3, -0.25) is 4.79 Å². The Bertz CT molecular complexity index is 991. The highest BCUT2D eigenvalue weighted by atomic mass is 35.5. The molecule has 2 aromatic carbocycles. The summed E-state index contributed by atoms with van der Waals surface area (Å²) in [5.74, 6) is 0.633. The second-order valence-electron chi connectivity index (χ2n) is 8.37. The number of hydrogen-bond donors (Lipinski definition) is 0. The molecule has 2 aromatic rings. The van der Waals surface area contributed by atoms with Crippen molar-refractivity contribution >= 4 is 27.3 Å². The average molecular weight is 478 g/mol. The summed E-state index contributed by atoms with van der Waals surface area (Å²) in [5, 5.41) is 0.564. The van der Waals surface area contributed by atoms with Gasteiger partial charge in [0.25, 0.3) is 5.91 Å². The highest BCUT2D eigenvalue weighted by Crippen LogP contribution is 2.25. The molecular formula is C25H32ClNO4S. The van der Waals surface area contributed by atoms with Gasteiger partial charge in [-0.05, 0) is 48.7 Å². The number of nitrogens with zero attached hydrogens (tertiary/aromatic N) is 1. The maximum atomic E-state index is 13.4. The molecule has 0 radical (unpaired) electrons. The molecule has 1 aliphatic rings. The van der Waals surface area contributed by atoms with E-state index < -0.39 is 9.84 Å². The molecule has 1 saturated heterocycles. The summed E-state index contributed by atoms with van der Waals surface area (Å²) in [5.41, 5.74) is 1.31. The normalized spacial score (nSPS) is 17.2. The van der Waals surface area contributed by atoms with Crippen LogP contribution < -0.4 is 4.74 Å². The van der Waals surface area contributed by atoms with E-state index in [1.54, 1.807) is 35.2 Å². The Labute approximate surface area is 196 Å². The van der Waals surface area contributed by atoms with E-state index >= 15 is 0 Å². The second kappa shape index (κ2) is 11.7. The lowest BCUT2D eigenvalue weighted by molar-refractivity contribution is 0.0681. The first kappa shape index (κ1) is 24.6. The summed E-state index contributed by atoms with van der Waals surface area (Å²) in [7, 11) is -3.13. The minimum absolute atomic E-state index is 0.0115.